The van der Waals surface area contributed by atoms with Crippen molar-refractivity contribution in [2.75, 3.05) is 12.4 Å². The Morgan fingerprint density at radius 3 is 2.48 bits per heavy atom. The Morgan fingerprint density at radius 2 is 1.83 bits per heavy atom. The van der Waals surface area contributed by atoms with E-state index in [1.807, 2.05) is 0 Å². The number of imidazole rings is 1. The van der Waals surface area contributed by atoms with Crippen LogP contribution in [0, 0.1) is 11.6 Å². The standard InChI is InChI=1S/C20H14F2N4O3/c1-29-20(28)11-5-7-12(8-6-11)24-17-16-19(27)23-9-10-26(16)18(25-17)15-13(21)3-2-4-14(15)22/h2-10,24H,1H3,(H,23,27). The highest BCUT2D eigenvalue weighted by Gasteiger charge is 2.21. The van der Waals surface area contributed by atoms with Crippen LogP contribution in [0.2, 0.25) is 0 Å². The van der Waals surface area contributed by atoms with Crippen LogP contribution >= 0.6 is 0 Å². The molecule has 2 aromatic carbocycles. The van der Waals surface area contributed by atoms with E-state index in [0.717, 1.165) is 12.1 Å². The summed E-state index contributed by atoms with van der Waals surface area (Å²) in [7, 11) is 1.28. The first-order valence-electron chi connectivity index (χ1n) is 8.49. The lowest BCUT2D eigenvalue weighted by Gasteiger charge is -2.04. The monoisotopic (exact) mass is 396 g/mol. The van der Waals surface area contributed by atoms with Crippen LogP contribution in [0.25, 0.3) is 16.9 Å². The smallest absolute Gasteiger partial charge is 0.337 e. The van der Waals surface area contributed by atoms with E-state index in [1.54, 1.807) is 12.1 Å². The molecular weight excluding hydrogens is 382 g/mol. The number of hydrogen-bond acceptors (Lipinski definition) is 5. The number of aromatic nitrogens is 3. The summed E-state index contributed by atoms with van der Waals surface area (Å²) in [6.07, 6.45) is 2.81. The normalized spacial score (nSPS) is 10.9. The summed E-state index contributed by atoms with van der Waals surface area (Å²) < 4.78 is 34.6. The maximum Gasteiger partial charge on any atom is 0.337 e. The second-order valence-corrected chi connectivity index (χ2v) is 6.08. The molecule has 0 aliphatic heterocycles. The van der Waals surface area contributed by atoms with Crippen molar-refractivity contribution < 1.29 is 18.3 Å². The molecule has 0 spiro atoms. The molecule has 2 N–H and O–H groups in total. The Kier molecular flexibility index (Phi) is 4.55. The molecular formula is C20H14F2N4O3. The van der Waals surface area contributed by atoms with Gasteiger partial charge in [0, 0.05) is 18.1 Å². The first-order valence-corrected chi connectivity index (χ1v) is 8.49. The van der Waals surface area contributed by atoms with Crippen LogP contribution in [0.5, 0.6) is 0 Å². The SMILES string of the molecule is COC(=O)c1ccc(Nc2nc(-c3c(F)cccc3F)n3cc[nH]c(=O)c23)cc1. The number of carbonyl (C=O) groups is 1. The molecule has 0 atom stereocenters. The number of methoxy groups -OCH3 is 1. The van der Waals surface area contributed by atoms with Crippen LogP contribution in [0.3, 0.4) is 0 Å². The van der Waals surface area contributed by atoms with E-state index in [-0.39, 0.29) is 22.7 Å². The number of halogens is 2. The summed E-state index contributed by atoms with van der Waals surface area (Å²) in [5.74, 6) is -2.04. The number of ether oxygens (including phenoxy) is 1. The van der Waals surface area contributed by atoms with Crippen LogP contribution in [0.1, 0.15) is 10.4 Å². The Hall–Kier alpha value is -4.01. The predicted octanol–water partition coefficient (Wildman–Crippen LogP) is 3.50. The van der Waals surface area contributed by atoms with Crippen molar-refractivity contribution in [3.63, 3.8) is 0 Å². The molecule has 146 valence electrons. The van der Waals surface area contributed by atoms with E-state index in [4.69, 9.17) is 0 Å². The van der Waals surface area contributed by atoms with E-state index in [2.05, 4.69) is 20.0 Å². The van der Waals surface area contributed by atoms with Crippen molar-refractivity contribution in [1.29, 1.82) is 0 Å². The third-order valence-corrected chi connectivity index (χ3v) is 4.32. The van der Waals surface area contributed by atoms with E-state index in [0.29, 0.717) is 11.3 Å². The minimum absolute atomic E-state index is 0.0598. The number of rotatable bonds is 4. The summed E-state index contributed by atoms with van der Waals surface area (Å²) >= 11 is 0. The van der Waals surface area contributed by atoms with Crippen LogP contribution in [0.15, 0.2) is 59.7 Å². The lowest BCUT2D eigenvalue weighted by atomic mass is 10.2. The maximum absolute atomic E-state index is 14.3. The third-order valence-electron chi connectivity index (χ3n) is 4.32. The van der Waals surface area contributed by atoms with E-state index >= 15 is 0 Å². The number of H-pyrrole nitrogens is 1. The number of carbonyl (C=O) groups excluding carboxylic acids is 1. The lowest BCUT2D eigenvalue weighted by molar-refractivity contribution is 0.0601. The molecule has 0 fully saturated rings. The van der Waals surface area contributed by atoms with Gasteiger partial charge in [0.15, 0.2) is 17.2 Å². The van der Waals surface area contributed by atoms with Gasteiger partial charge in [0.25, 0.3) is 5.56 Å². The van der Waals surface area contributed by atoms with Gasteiger partial charge in [-0.15, -0.1) is 0 Å². The summed E-state index contributed by atoms with van der Waals surface area (Å²) in [6, 6.07) is 9.74. The fraction of sp³-hybridized carbons (Fsp3) is 0.0500. The van der Waals surface area contributed by atoms with E-state index in [1.165, 1.54) is 42.1 Å². The fourth-order valence-electron chi connectivity index (χ4n) is 2.97. The largest absolute Gasteiger partial charge is 0.465 e. The number of hydrogen-bond donors (Lipinski definition) is 2. The first-order chi connectivity index (χ1) is 14.0. The number of benzene rings is 2. The molecule has 2 heterocycles. The van der Waals surface area contributed by atoms with Gasteiger partial charge in [-0.3, -0.25) is 9.20 Å². The average molecular weight is 396 g/mol. The van der Waals surface area contributed by atoms with Crippen molar-refractivity contribution in [1.82, 2.24) is 14.4 Å². The number of anilines is 2. The van der Waals surface area contributed by atoms with Crippen molar-refractivity contribution in [3.05, 3.63) is 82.4 Å². The van der Waals surface area contributed by atoms with Crippen LogP contribution < -0.4 is 10.9 Å². The number of aromatic amines is 1. The topological polar surface area (TPSA) is 88.5 Å². The van der Waals surface area contributed by atoms with Gasteiger partial charge in [0.1, 0.15) is 11.6 Å². The van der Waals surface area contributed by atoms with Gasteiger partial charge in [-0.1, -0.05) is 6.07 Å². The molecule has 0 unspecified atom stereocenters. The molecule has 7 nitrogen and oxygen atoms in total. The number of esters is 1. The average Bonchev–Trinajstić information content (AvgIpc) is 3.07. The molecule has 4 rings (SSSR count). The zero-order valence-electron chi connectivity index (χ0n) is 15.1. The predicted molar refractivity (Wildman–Crippen MR) is 102 cm³/mol. The van der Waals surface area contributed by atoms with Gasteiger partial charge >= 0.3 is 5.97 Å². The fourth-order valence-corrected chi connectivity index (χ4v) is 2.97. The minimum Gasteiger partial charge on any atom is -0.465 e. The lowest BCUT2D eigenvalue weighted by Crippen LogP contribution is -2.09. The maximum atomic E-state index is 14.3. The zero-order chi connectivity index (χ0) is 20.5. The molecule has 0 radical (unpaired) electrons. The van der Waals surface area contributed by atoms with Crippen molar-refractivity contribution in [3.8, 4) is 11.4 Å². The Morgan fingerprint density at radius 1 is 1.14 bits per heavy atom. The molecule has 0 aliphatic rings. The van der Waals surface area contributed by atoms with Gasteiger partial charge in [-0.2, -0.15) is 0 Å². The van der Waals surface area contributed by atoms with Gasteiger partial charge in [0.05, 0.1) is 18.2 Å². The van der Waals surface area contributed by atoms with Gasteiger partial charge in [-0.25, -0.2) is 18.6 Å². The van der Waals surface area contributed by atoms with E-state index < -0.39 is 23.2 Å². The molecule has 4 aromatic rings. The second kappa shape index (κ2) is 7.19. The minimum atomic E-state index is -0.800. The number of nitrogens with one attached hydrogen (secondary N) is 2. The zero-order valence-corrected chi connectivity index (χ0v) is 15.1. The Bertz CT molecular complexity index is 1260. The van der Waals surface area contributed by atoms with Crippen LogP contribution in [-0.2, 0) is 4.74 Å². The molecule has 29 heavy (non-hydrogen) atoms. The molecule has 9 heteroatoms. The van der Waals surface area contributed by atoms with Crippen molar-refractivity contribution in [2.45, 2.75) is 0 Å². The van der Waals surface area contributed by atoms with Crippen molar-refractivity contribution >= 4 is 23.0 Å². The summed E-state index contributed by atoms with van der Waals surface area (Å²) in [4.78, 5) is 30.7. The van der Waals surface area contributed by atoms with Gasteiger partial charge in [0.2, 0.25) is 0 Å². The molecule has 0 saturated carbocycles. The highest BCUT2D eigenvalue weighted by atomic mass is 19.1. The Balaban J connectivity index is 1.84. The third kappa shape index (κ3) is 3.22. The van der Waals surface area contributed by atoms with Gasteiger partial charge < -0.3 is 15.0 Å². The van der Waals surface area contributed by atoms with Crippen LogP contribution in [0.4, 0.5) is 20.3 Å². The number of nitrogens with zero attached hydrogens (tertiary/aromatic N) is 2. The summed E-state index contributed by atoms with van der Waals surface area (Å²) in [6.45, 7) is 0. The highest BCUT2D eigenvalue weighted by Crippen LogP contribution is 2.29. The number of fused-ring (bicyclic) bond motifs is 1. The second-order valence-electron chi connectivity index (χ2n) is 6.08. The quantitative estimate of drug-likeness (QED) is 0.516. The molecule has 0 saturated heterocycles. The highest BCUT2D eigenvalue weighted by molar-refractivity contribution is 5.90. The Labute approximate surface area is 162 Å². The van der Waals surface area contributed by atoms with Crippen LogP contribution in [-0.4, -0.2) is 27.4 Å². The first kappa shape index (κ1) is 18.4. The molecule has 0 bridgehead atoms. The molecule has 2 aromatic heterocycles. The van der Waals surface area contributed by atoms with Gasteiger partial charge in [-0.05, 0) is 36.4 Å². The summed E-state index contributed by atoms with van der Waals surface area (Å²) in [5.41, 5.74) is 0.113. The molecule has 0 aliphatic carbocycles. The van der Waals surface area contributed by atoms with Crippen molar-refractivity contribution in [2.24, 2.45) is 0 Å². The summed E-state index contributed by atoms with van der Waals surface area (Å²) in [5, 5.41) is 2.95. The van der Waals surface area contributed by atoms with E-state index in [9.17, 15) is 18.4 Å². The molecule has 0 amide bonds.